The smallest absolute Gasteiger partial charge is 0.146 e. The lowest BCUT2D eigenvalue weighted by Crippen LogP contribution is -2.18. The molecule has 102 valence electrons. The van der Waals surface area contributed by atoms with Gasteiger partial charge in [0, 0.05) is 10.2 Å². The normalized spacial score (nSPS) is 12.9. The summed E-state index contributed by atoms with van der Waals surface area (Å²) in [5.74, 6) is 1.62. The fraction of sp³-hybridized carbons (Fsp3) is 0.692. The van der Waals surface area contributed by atoms with Crippen LogP contribution in [0.15, 0.2) is 0 Å². The van der Waals surface area contributed by atoms with Crippen molar-refractivity contribution >= 4 is 46.0 Å². The molecule has 0 spiro atoms. The molecule has 0 radical (unpaired) electrons. The highest BCUT2D eigenvalue weighted by Crippen LogP contribution is 2.31. The Morgan fingerprint density at radius 2 is 1.67 bits per heavy atom. The quantitative estimate of drug-likeness (QED) is 0.514. The molecule has 1 rings (SSSR count). The Morgan fingerprint density at radius 3 is 2.11 bits per heavy atom. The van der Waals surface area contributed by atoms with Crippen molar-refractivity contribution in [3.05, 3.63) is 20.2 Å². The summed E-state index contributed by atoms with van der Waals surface area (Å²) < 4.78 is 1.17. The second-order valence-electron chi connectivity index (χ2n) is 6.24. The van der Waals surface area contributed by atoms with Gasteiger partial charge in [0.05, 0.1) is 15.0 Å². The Labute approximate surface area is 133 Å². The first-order valence-corrected chi connectivity index (χ1v) is 8.31. The van der Waals surface area contributed by atoms with Crippen molar-refractivity contribution in [1.29, 1.82) is 0 Å². The maximum Gasteiger partial charge on any atom is 0.146 e. The summed E-state index contributed by atoms with van der Waals surface area (Å²) in [5, 5.41) is 0.569. The van der Waals surface area contributed by atoms with Gasteiger partial charge in [-0.2, -0.15) is 0 Å². The van der Waals surface area contributed by atoms with Crippen LogP contribution in [-0.2, 0) is 11.2 Å². The molecule has 1 aromatic heterocycles. The molecule has 0 bridgehead atoms. The van der Waals surface area contributed by atoms with E-state index in [1.54, 1.807) is 0 Å². The van der Waals surface area contributed by atoms with Crippen molar-refractivity contribution in [2.24, 2.45) is 0 Å². The van der Waals surface area contributed by atoms with E-state index < -0.39 is 0 Å². The van der Waals surface area contributed by atoms with E-state index in [0.29, 0.717) is 5.15 Å². The first kappa shape index (κ1) is 16.5. The molecule has 0 fully saturated rings. The zero-order valence-electron chi connectivity index (χ0n) is 11.8. The molecule has 0 saturated carbocycles. The van der Waals surface area contributed by atoms with E-state index in [0.717, 1.165) is 20.8 Å². The van der Waals surface area contributed by atoms with Gasteiger partial charge in [0.25, 0.3) is 0 Å². The van der Waals surface area contributed by atoms with Gasteiger partial charge in [-0.25, -0.2) is 9.97 Å². The molecule has 0 amide bonds. The average Bonchev–Trinajstić information content (AvgIpc) is 2.16. The van der Waals surface area contributed by atoms with Crippen LogP contribution in [0.5, 0.6) is 0 Å². The van der Waals surface area contributed by atoms with Gasteiger partial charge in [-0.1, -0.05) is 53.1 Å². The van der Waals surface area contributed by atoms with Gasteiger partial charge < -0.3 is 0 Å². The van der Waals surface area contributed by atoms with Gasteiger partial charge in [-0.15, -0.1) is 11.8 Å². The van der Waals surface area contributed by atoms with E-state index >= 15 is 0 Å². The number of halogens is 2. The molecule has 5 heteroatoms. The monoisotopic (exact) mass is 398 g/mol. The van der Waals surface area contributed by atoms with Gasteiger partial charge in [0.2, 0.25) is 0 Å². The van der Waals surface area contributed by atoms with Crippen molar-refractivity contribution in [1.82, 2.24) is 9.97 Å². The summed E-state index contributed by atoms with van der Waals surface area (Å²) in [6, 6.07) is 0. The summed E-state index contributed by atoms with van der Waals surface area (Å²) in [7, 11) is 0. The zero-order chi connectivity index (χ0) is 14.1. The van der Waals surface area contributed by atoms with Crippen LogP contribution in [-0.4, -0.2) is 14.7 Å². The maximum atomic E-state index is 6.21. The number of thioether (sulfide) groups is 1. The molecular formula is C13H20ClIN2S. The second kappa shape index (κ2) is 5.83. The molecule has 0 aliphatic carbocycles. The maximum absolute atomic E-state index is 6.21. The molecule has 0 aromatic carbocycles. The van der Waals surface area contributed by atoms with Gasteiger partial charge in [-0.05, 0) is 22.6 Å². The summed E-state index contributed by atoms with van der Waals surface area (Å²) >= 11 is 10.3. The lowest BCUT2D eigenvalue weighted by atomic mass is 9.92. The lowest BCUT2D eigenvalue weighted by Gasteiger charge is -2.21. The number of hydrogen-bond acceptors (Lipinski definition) is 3. The van der Waals surface area contributed by atoms with Crippen LogP contribution < -0.4 is 0 Å². The molecule has 0 unspecified atom stereocenters. The van der Waals surface area contributed by atoms with Crippen LogP contribution in [0.1, 0.15) is 53.1 Å². The molecule has 1 heterocycles. The van der Waals surface area contributed by atoms with Gasteiger partial charge >= 0.3 is 0 Å². The van der Waals surface area contributed by atoms with E-state index in [1.807, 2.05) is 11.8 Å². The molecule has 0 atom stereocenters. The van der Waals surface area contributed by atoms with E-state index in [9.17, 15) is 0 Å². The first-order chi connectivity index (χ1) is 8.00. The minimum absolute atomic E-state index is 0.00967. The predicted molar refractivity (Wildman–Crippen MR) is 89.5 cm³/mol. The third-order valence-corrected chi connectivity index (χ3v) is 5.08. The molecule has 18 heavy (non-hydrogen) atoms. The Morgan fingerprint density at radius 1 is 1.11 bits per heavy atom. The predicted octanol–water partition coefficient (Wildman–Crippen LogP) is 5.06. The number of hydrogen-bond donors (Lipinski definition) is 0. The fourth-order valence-electron chi connectivity index (χ4n) is 1.31. The summed E-state index contributed by atoms with van der Waals surface area (Å²) in [6.07, 6.45) is 0. The molecule has 0 aliphatic heterocycles. The van der Waals surface area contributed by atoms with Crippen molar-refractivity contribution in [3.63, 3.8) is 0 Å². The number of nitrogens with zero attached hydrogens (tertiary/aromatic N) is 2. The number of aromatic nitrogens is 2. The molecular weight excluding hydrogens is 379 g/mol. The van der Waals surface area contributed by atoms with Gasteiger partial charge in [0.15, 0.2) is 0 Å². The van der Waals surface area contributed by atoms with Gasteiger partial charge in [-0.3, -0.25) is 0 Å². The highest BCUT2D eigenvalue weighted by molar-refractivity contribution is 14.1. The van der Waals surface area contributed by atoms with Crippen LogP contribution in [0.2, 0.25) is 5.15 Å². The van der Waals surface area contributed by atoms with Crippen molar-refractivity contribution in [2.75, 3.05) is 0 Å². The Hall–Kier alpha value is 0.450. The van der Waals surface area contributed by atoms with Crippen molar-refractivity contribution in [2.45, 2.75) is 57.5 Å². The van der Waals surface area contributed by atoms with Crippen molar-refractivity contribution in [3.8, 4) is 0 Å². The van der Waals surface area contributed by atoms with E-state index in [2.05, 4.69) is 74.1 Å². The fourth-order valence-corrected chi connectivity index (χ4v) is 3.23. The summed E-state index contributed by atoms with van der Waals surface area (Å²) in [5.41, 5.74) is 1.03. The van der Waals surface area contributed by atoms with Crippen LogP contribution in [0.3, 0.4) is 0 Å². The van der Waals surface area contributed by atoms with Crippen LogP contribution in [0.25, 0.3) is 0 Å². The van der Waals surface area contributed by atoms with Crippen LogP contribution >= 0.6 is 46.0 Å². The number of rotatable bonds is 2. The first-order valence-electron chi connectivity index (χ1n) is 5.87. The Bertz CT molecular complexity index is 436. The lowest BCUT2D eigenvalue weighted by molar-refractivity contribution is 0.559. The van der Waals surface area contributed by atoms with Crippen LogP contribution in [0, 0.1) is 3.57 Å². The minimum Gasteiger partial charge on any atom is -0.235 e. The summed E-state index contributed by atoms with van der Waals surface area (Å²) in [4.78, 5) is 9.06. The van der Waals surface area contributed by atoms with E-state index in [1.165, 1.54) is 0 Å². The highest BCUT2D eigenvalue weighted by atomic mass is 127. The molecule has 0 N–H and O–H groups in total. The molecule has 1 aromatic rings. The minimum atomic E-state index is -0.00967. The molecule has 2 nitrogen and oxygen atoms in total. The molecule has 0 saturated heterocycles. The Balaban J connectivity index is 3.06. The highest BCUT2D eigenvalue weighted by Gasteiger charge is 2.23. The summed E-state index contributed by atoms with van der Waals surface area (Å²) in [6.45, 7) is 13.0. The SMILES string of the molecule is CC(C)(C)SCc1nc(Cl)c(I)c(C(C)(C)C)n1. The molecule has 0 aliphatic rings. The Kier molecular flexibility index (Phi) is 5.35. The average molecular weight is 399 g/mol. The van der Waals surface area contributed by atoms with E-state index in [4.69, 9.17) is 11.6 Å². The van der Waals surface area contributed by atoms with Crippen LogP contribution in [0.4, 0.5) is 0 Å². The van der Waals surface area contributed by atoms with Gasteiger partial charge in [0.1, 0.15) is 11.0 Å². The van der Waals surface area contributed by atoms with Crippen molar-refractivity contribution < 1.29 is 0 Å². The standard InChI is InChI=1S/C13H20ClIN2S/c1-12(2,3)10-9(15)11(14)17-8(16-10)7-18-13(4,5)6/h7H2,1-6H3. The topological polar surface area (TPSA) is 25.8 Å². The zero-order valence-corrected chi connectivity index (χ0v) is 15.5. The third-order valence-electron chi connectivity index (χ3n) is 2.20. The second-order valence-corrected chi connectivity index (χ2v) is 9.48. The van der Waals surface area contributed by atoms with E-state index in [-0.39, 0.29) is 10.2 Å². The largest absolute Gasteiger partial charge is 0.235 e. The third kappa shape index (κ3) is 4.85.